The van der Waals surface area contributed by atoms with Crippen LogP contribution in [-0.4, -0.2) is 29.6 Å². The van der Waals surface area contributed by atoms with E-state index in [1.165, 1.54) is 0 Å². The minimum Gasteiger partial charge on any atom is -0.491 e. The number of hydrogen-bond acceptors (Lipinski definition) is 3. The Balaban J connectivity index is 2.53. The molecule has 1 rings (SSSR count). The van der Waals surface area contributed by atoms with Gasteiger partial charge in [-0.05, 0) is 24.6 Å². The molecule has 6 heteroatoms. The second-order valence-corrected chi connectivity index (χ2v) is 4.49. The largest absolute Gasteiger partial charge is 0.491 e. The van der Waals surface area contributed by atoms with Gasteiger partial charge in [0.1, 0.15) is 12.4 Å². The van der Waals surface area contributed by atoms with Crippen molar-refractivity contribution in [2.45, 2.75) is 18.9 Å². The number of carboxylic acids is 1. The monoisotopic (exact) mass is 297 g/mol. The van der Waals surface area contributed by atoms with E-state index in [1.807, 2.05) is 0 Å². The summed E-state index contributed by atoms with van der Waals surface area (Å²) in [6, 6.07) is 5.49. The van der Waals surface area contributed by atoms with Crippen LogP contribution in [0.5, 0.6) is 5.75 Å². The number of halogens is 1. The maximum atomic E-state index is 11.5. The van der Waals surface area contributed by atoms with E-state index in [-0.39, 0.29) is 18.9 Å². The van der Waals surface area contributed by atoms with Crippen molar-refractivity contribution in [1.29, 1.82) is 0 Å². The molecule has 1 amide bonds. The number of amides is 1. The van der Waals surface area contributed by atoms with Crippen molar-refractivity contribution < 1.29 is 19.4 Å². The molecule has 5 nitrogen and oxygen atoms in total. The molecule has 0 unspecified atom stereocenters. The Morgan fingerprint density at radius 2 is 2.25 bits per heavy atom. The molecule has 2 N–H and O–H groups in total. The van der Waals surface area contributed by atoms with Gasteiger partial charge in [-0.1, -0.05) is 23.7 Å². The summed E-state index contributed by atoms with van der Waals surface area (Å²) in [6.07, 6.45) is 2.29. The zero-order valence-electron chi connectivity index (χ0n) is 10.8. The number of carboxylic acid groups (broad SMARTS) is 1. The number of rotatable bonds is 8. The molecule has 0 heterocycles. The van der Waals surface area contributed by atoms with E-state index in [2.05, 4.69) is 11.9 Å². The predicted octanol–water partition coefficient (Wildman–Crippen LogP) is 2.25. The van der Waals surface area contributed by atoms with Crippen molar-refractivity contribution in [3.63, 3.8) is 0 Å². The average molecular weight is 298 g/mol. The summed E-state index contributed by atoms with van der Waals surface area (Å²) in [4.78, 5) is 22.5. The van der Waals surface area contributed by atoms with Gasteiger partial charge in [0.05, 0.1) is 0 Å². The van der Waals surface area contributed by atoms with Gasteiger partial charge >= 0.3 is 5.97 Å². The quantitative estimate of drug-likeness (QED) is 0.722. The lowest BCUT2D eigenvalue weighted by Gasteiger charge is -2.15. The molecule has 0 aliphatic heterocycles. The third kappa shape index (κ3) is 5.75. The van der Waals surface area contributed by atoms with Crippen LogP contribution < -0.4 is 10.1 Å². The highest BCUT2D eigenvalue weighted by Gasteiger charge is 2.20. The Hall–Kier alpha value is -2.01. The lowest BCUT2D eigenvalue weighted by molar-refractivity contribution is -0.142. The van der Waals surface area contributed by atoms with E-state index >= 15 is 0 Å². The van der Waals surface area contributed by atoms with Crippen LogP contribution in [0.4, 0.5) is 0 Å². The molecular formula is C14H16ClNO4. The zero-order valence-corrected chi connectivity index (χ0v) is 11.6. The molecule has 0 saturated heterocycles. The standard InChI is InChI=1S/C14H16ClNO4/c1-2-3-7-13(17)16-12(14(18)19)9-20-11-6-4-5-10(15)8-11/h2,4-6,8,12H,1,3,7,9H2,(H,16,17)(H,18,19)/t12-/m0/s1. The maximum Gasteiger partial charge on any atom is 0.329 e. The summed E-state index contributed by atoms with van der Waals surface area (Å²) in [7, 11) is 0. The lowest BCUT2D eigenvalue weighted by atomic mass is 10.2. The number of hydrogen-bond donors (Lipinski definition) is 2. The Morgan fingerprint density at radius 3 is 2.85 bits per heavy atom. The summed E-state index contributed by atoms with van der Waals surface area (Å²) >= 11 is 5.79. The van der Waals surface area contributed by atoms with Gasteiger partial charge < -0.3 is 15.2 Å². The molecule has 1 atom stereocenters. The summed E-state index contributed by atoms with van der Waals surface area (Å²) in [6.45, 7) is 3.33. The number of benzene rings is 1. The van der Waals surface area contributed by atoms with Crippen LogP contribution in [0.25, 0.3) is 0 Å². The normalized spacial score (nSPS) is 11.4. The number of ether oxygens (including phenoxy) is 1. The van der Waals surface area contributed by atoms with Gasteiger partial charge in [-0.15, -0.1) is 6.58 Å². The molecule has 0 bridgehead atoms. The van der Waals surface area contributed by atoms with Gasteiger partial charge in [0.15, 0.2) is 6.04 Å². The average Bonchev–Trinajstić information content (AvgIpc) is 2.41. The van der Waals surface area contributed by atoms with Crippen LogP contribution >= 0.6 is 11.6 Å². The van der Waals surface area contributed by atoms with Gasteiger partial charge in [-0.25, -0.2) is 4.79 Å². The Morgan fingerprint density at radius 1 is 1.50 bits per heavy atom. The van der Waals surface area contributed by atoms with Gasteiger partial charge in [0, 0.05) is 11.4 Å². The van der Waals surface area contributed by atoms with E-state index in [1.54, 1.807) is 30.3 Å². The molecule has 108 valence electrons. The highest BCUT2D eigenvalue weighted by Crippen LogP contribution is 2.17. The van der Waals surface area contributed by atoms with Crippen LogP contribution in [0.15, 0.2) is 36.9 Å². The van der Waals surface area contributed by atoms with Crippen LogP contribution in [-0.2, 0) is 9.59 Å². The lowest BCUT2D eigenvalue weighted by Crippen LogP contribution is -2.44. The van der Waals surface area contributed by atoms with Crippen molar-refractivity contribution in [1.82, 2.24) is 5.32 Å². The molecule has 20 heavy (non-hydrogen) atoms. The van der Waals surface area contributed by atoms with Crippen molar-refractivity contribution in [3.8, 4) is 5.75 Å². The second kappa shape index (κ2) is 8.22. The van der Waals surface area contributed by atoms with Gasteiger partial charge in [0.25, 0.3) is 0 Å². The molecular weight excluding hydrogens is 282 g/mol. The van der Waals surface area contributed by atoms with E-state index < -0.39 is 12.0 Å². The number of nitrogens with one attached hydrogen (secondary N) is 1. The van der Waals surface area contributed by atoms with E-state index in [9.17, 15) is 9.59 Å². The molecule has 1 aromatic rings. The minimum absolute atomic E-state index is 0.171. The summed E-state index contributed by atoms with van der Waals surface area (Å²) in [5.74, 6) is -1.06. The second-order valence-electron chi connectivity index (χ2n) is 4.05. The smallest absolute Gasteiger partial charge is 0.329 e. The molecule has 0 saturated carbocycles. The first kappa shape index (κ1) is 16.0. The van der Waals surface area contributed by atoms with Crippen molar-refractivity contribution in [2.24, 2.45) is 0 Å². The Kier molecular flexibility index (Phi) is 6.59. The topological polar surface area (TPSA) is 75.6 Å². The molecule has 0 radical (unpaired) electrons. The van der Waals surface area contributed by atoms with Gasteiger partial charge in [0.2, 0.25) is 5.91 Å². The van der Waals surface area contributed by atoms with Crippen LogP contribution in [0, 0.1) is 0 Å². The number of carbonyl (C=O) groups is 2. The molecule has 0 fully saturated rings. The Labute approximate surface area is 122 Å². The molecule has 0 aromatic heterocycles. The first-order chi connectivity index (χ1) is 9.52. The van der Waals surface area contributed by atoms with E-state index in [0.717, 1.165) is 0 Å². The van der Waals surface area contributed by atoms with E-state index in [4.69, 9.17) is 21.4 Å². The fraction of sp³-hybridized carbons (Fsp3) is 0.286. The third-order valence-corrected chi connectivity index (χ3v) is 2.66. The summed E-state index contributed by atoms with van der Waals surface area (Å²) in [5, 5.41) is 11.9. The first-order valence-corrected chi connectivity index (χ1v) is 6.42. The third-order valence-electron chi connectivity index (χ3n) is 2.42. The summed E-state index contributed by atoms with van der Waals surface area (Å²) < 4.78 is 5.32. The van der Waals surface area contributed by atoms with Crippen molar-refractivity contribution >= 4 is 23.5 Å². The molecule has 1 aromatic carbocycles. The molecule has 0 aliphatic carbocycles. The highest BCUT2D eigenvalue weighted by atomic mass is 35.5. The highest BCUT2D eigenvalue weighted by molar-refractivity contribution is 6.30. The SMILES string of the molecule is C=CCCC(=O)N[C@@H](COc1cccc(Cl)c1)C(=O)O. The van der Waals surface area contributed by atoms with Crippen molar-refractivity contribution in [2.75, 3.05) is 6.61 Å². The number of aliphatic carboxylic acids is 1. The van der Waals surface area contributed by atoms with Gasteiger partial charge in [-0.2, -0.15) is 0 Å². The van der Waals surface area contributed by atoms with Crippen LogP contribution in [0.3, 0.4) is 0 Å². The van der Waals surface area contributed by atoms with Gasteiger partial charge in [-0.3, -0.25) is 4.79 Å². The first-order valence-electron chi connectivity index (χ1n) is 6.04. The fourth-order valence-electron chi connectivity index (χ4n) is 1.41. The molecule has 0 aliphatic rings. The number of allylic oxidation sites excluding steroid dienone is 1. The maximum absolute atomic E-state index is 11.5. The number of carbonyl (C=O) groups excluding carboxylic acids is 1. The zero-order chi connectivity index (χ0) is 15.0. The van der Waals surface area contributed by atoms with Crippen LogP contribution in [0.1, 0.15) is 12.8 Å². The predicted molar refractivity (Wildman–Crippen MR) is 75.9 cm³/mol. The van der Waals surface area contributed by atoms with Crippen molar-refractivity contribution in [3.05, 3.63) is 41.9 Å². The summed E-state index contributed by atoms with van der Waals surface area (Å²) in [5.41, 5.74) is 0. The fourth-order valence-corrected chi connectivity index (χ4v) is 1.59. The molecule has 0 spiro atoms. The minimum atomic E-state index is -1.15. The Bertz CT molecular complexity index is 490. The van der Waals surface area contributed by atoms with E-state index in [0.29, 0.717) is 17.2 Å². The van der Waals surface area contributed by atoms with Crippen LogP contribution in [0.2, 0.25) is 5.02 Å².